The predicted molar refractivity (Wildman–Crippen MR) is 89.1 cm³/mol. The maximum absolute atomic E-state index is 4.74. The van der Waals surface area contributed by atoms with Crippen molar-refractivity contribution in [3.63, 3.8) is 0 Å². The molecule has 0 unspecified atom stereocenters. The number of benzene rings is 1. The van der Waals surface area contributed by atoms with Crippen LogP contribution in [-0.2, 0) is 13.0 Å². The van der Waals surface area contributed by atoms with Crippen LogP contribution < -0.4 is 10.2 Å². The average Bonchev–Trinajstić information content (AvgIpc) is 3.08. The van der Waals surface area contributed by atoms with Crippen molar-refractivity contribution in [3.8, 4) is 0 Å². The van der Waals surface area contributed by atoms with Crippen LogP contribution in [-0.4, -0.2) is 22.6 Å². The molecule has 0 amide bonds. The fraction of sp³-hybridized carbons (Fsp3) is 0.444. The molecule has 0 spiro atoms. The Morgan fingerprint density at radius 3 is 2.73 bits per heavy atom. The lowest BCUT2D eigenvalue weighted by atomic mass is 10.0. The van der Waals surface area contributed by atoms with Gasteiger partial charge in [-0.25, -0.2) is 4.98 Å². The highest BCUT2D eigenvalue weighted by Gasteiger charge is 2.19. The van der Waals surface area contributed by atoms with Crippen LogP contribution in [0.15, 0.2) is 36.5 Å². The second-order valence-corrected chi connectivity index (χ2v) is 6.31. The molecule has 0 atom stereocenters. The molecule has 1 N–H and O–H groups in total. The number of aromatic nitrogens is 2. The Morgan fingerprint density at radius 2 is 1.86 bits per heavy atom. The second kappa shape index (κ2) is 5.95. The zero-order valence-electron chi connectivity index (χ0n) is 12.8. The molecule has 0 bridgehead atoms. The van der Waals surface area contributed by atoms with Gasteiger partial charge in [0.2, 0.25) is 5.95 Å². The number of rotatable bonds is 3. The van der Waals surface area contributed by atoms with E-state index in [0.29, 0.717) is 6.04 Å². The van der Waals surface area contributed by atoms with E-state index in [2.05, 4.69) is 39.5 Å². The van der Waals surface area contributed by atoms with E-state index in [1.54, 1.807) is 0 Å². The van der Waals surface area contributed by atoms with Gasteiger partial charge in [0, 0.05) is 25.3 Å². The van der Waals surface area contributed by atoms with Crippen LogP contribution in [0.1, 0.15) is 36.8 Å². The van der Waals surface area contributed by atoms with Crippen molar-refractivity contribution in [2.45, 2.75) is 44.7 Å². The van der Waals surface area contributed by atoms with Gasteiger partial charge in [0.15, 0.2) is 0 Å². The topological polar surface area (TPSA) is 41.1 Å². The van der Waals surface area contributed by atoms with Gasteiger partial charge in [0.25, 0.3) is 0 Å². The van der Waals surface area contributed by atoms with E-state index in [-0.39, 0.29) is 0 Å². The molecule has 2 aliphatic rings. The minimum absolute atomic E-state index is 0.588. The number of nitrogens with one attached hydrogen (secondary N) is 1. The van der Waals surface area contributed by atoms with Crippen molar-refractivity contribution in [2.75, 3.05) is 16.8 Å². The van der Waals surface area contributed by atoms with Gasteiger partial charge in [-0.2, -0.15) is 4.98 Å². The smallest absolute Gasteiger partial charge is 0.227 e. The van der Waals surface area contributed by atoms with Crippen molar-refractivity contribution in [2.24, 2.45) is 0 Å². The molecule has 2 aromatic rings. The molecule has 1 aliphatic heterocycles. The summed E-state index contributed by atoms with van der Waals surface area (Å²) in [6.45, 7) is 1.90. The normalized spacial score (nSPS) is 18.3. The van der Waals surface area contributed by atoms with Gasteiger partial charge >= 0.3 is 0 Å². The van der Waals surface area contributed by atoms with Crippen LogP contribution in [0.3, 0.4) is 0 Å². The Kier molecular flexibility index (Phi) is 3.67. The Bertz CT molecular complexity index is 649. The predicted octanol–water partition coefficient (Wildman–Crippen LogP) is 3.39. The Morgan fingerprint density at radius 1 is 1.05 bits per heavy atom. The molecule has 4 nitrogen and oxygen atoms in total. The summed E-state index contributed by atoms with van der Waals surface area (Å²) in [6, 6.07) is 11.2. The van der Waals surface area contributed by atoms with Gasteiger partial charge in [0.05, 0.1) is 0 Å². The molecule has 4 rings (SSSR count). The lowest BCUT2D eigenvalue weighted by Crippen LogP contribution is -2.32. The molecule has 1 fully saturated rings. The number of hydrogen-bond donors (Lipinski definition) is 1. The van der Waals surface area contributed by atoms with Gasteiger partial charge < -0.3 is 10.2 Å². The molecular formula is C18H22N4. The van der Waals surface area contributed by atoms with Crippen LogP contribution in [0.2, 0.25) is 0 Å². The average molecular weight is 294 g/mol. The van der Waals surface area contributed by atoms with Crippen molar-refractivity contribution < 1.29 is 0 Å². The van der Waals surface area contributed by atoms with Gasteiger partial charge in [-0.05, 0) is 36.5 Å². The highest BCUT2D eigenvalue weighted by Crippen LogP contribution is 2.24. The molecule has 1 aromatic carbocycles. The van der Waals surface area contributed by atoms with E-state index in [1.807, 2.05) is 12.3 Å². The third-order valence-electron chi connectivity index (χ3n) is 4.76. The Balaban J connectivity index is 1.51. The molecule has 0 saturated heterocycles. The van der Waals surface area contributed by atoms with E-state index in [9.17, 15) is 0 Å². The summed E-state index contributed by atoms with van der Waals surface area (Å²) in [5, 5.41) is 3.56. The third kappa shape index (κ3) is 2.78. The zero-order chi connectivity index (χ0) is 14.8. The number of hydrogen-bond acceptors (Lipinski definition) is 4. The van der Waals surface area contributed by atoms with E-state index in [0.717, 1.165) is 31.3 Å². The van der Waals surface area contributed by atoms with Crippen LogP contribution in [0, 0.1) is 0 Å². The molecule has 1 aromatic heterocycles. The summed E-state index contributed by atoms with van der Waals surface area (Å²) in [4.78, 5) is 11.5. The minimum Gasteiger partial charge on any atom is -0.367 e. The molecule has 22 heavy (non-hydrogen) atoms. The first-order valence-corrected chi connectivity index (χ1v) is 8.30. The molecule has 0 radical (unpaired) electrons. The van der Waals surface area contributed by atoms with Crippen molar-refractivity contribution in [1.29, 1.82) is 0 Å². The first-order valence-electron chi connectivity index (χ1n) is 8.30. The minimum atomic E-state index is 0.588. The first-order chi connectivity index (χ1) is 10.9. The zero-order valence-corrected chi connectivity index (χ0v) is 12.8. The van der Waals surface area contributed by atoms with Crippen molar-refractivity contribution in [1.82, 2.24) is 9.97 Å². The SMILES string of the molecule is c1ccc2c(c1)CCN(c1nccc(NC3CCCC3)n1)C2. The van der Waals surface area contributed by atoms with Gasteiger partial charge in [-0.1, -0.05) is 37.1 Å². The standard InChI is InChI=1S/C18H22N4/c1-2-6-15-13-22(12-10-14(15)5-1)18-19-11-9-17(21-18)20-16-7-3-4-8-16/h1-2,5-6,9,11,16H,3-4,7-8,10,12-13H2,(H,19,20,21). The summed E-state index contributed by atoms with van der Waals surface area (Å²) < 4.78 is 0. The van der Waals surface area contributed by atoms with E-state index < -0.39 is 0 Å². The summed E-state index contributed by atoms with van der Waals surface area (Å²) in [6.07, 6.45) is 8.13. The maximum Gasteiger partial charge on any atom is 0.227 e. The summed E-state index contributed by atoms with van der Waals surface area (Å²) in [5.74, 6) is 1.81. The first kappa shape index (κ1) is 13.6. The number of fused-ring (bicyclic) bond motifs is 1. The van der Waals surface area contributed by atoms with Crippen LogP contribution in [0.5, 0.6) is 0 Å². The maximum atomic E-state index is 4.74. The fourth-order valence-corrected chi connectivity index (χ4v) is 3.53. The molecule has 1 aliphatic carbocycles. The lowest BCUT2D eigenvalue weighted by molar-refractivity contribution is 0.704. The summed E-state index contributed by atoms with van der Waals surface area (Å²) in [5.41, 5.74) is 2.85. The Labute approximate surface area is 131 Å². The second-order valence-electron chi connectivity index (χ2n) is 6.31. The molecule has 114 valence electrons. The van der Waals surface area contributed by atoms with E-state index >= 15 is 0 Å². The highest BCUT2D eigenvalue weighted by atomic mass is 15.3. The lowest BCUT2D eigenvalue weighted by Gasteiger charge is -2.29. The van der Waals surface area contributed by atoms with Gasteiger partial charge in [-0.3, -0.25) is 0 Å². The fourth-order valence-electron chi connectivity index (χ4n) is 3.53. The van der Waals surface area contributed by atoms with Crippen LogP contribution >= 0.6 is 0 Å². The van der Waals surface area contributed by atoms with E-state index in [4.69, 9.17) is 4.98 Å². The van der Waals surface area contributed by atoms with E-state index in [1.165, 1.54) is 36.8 Å². The Hall–Kier alpha value is -2.10. The number of nitrogens with zero attached hydrogens (tertiary/aromatic N) is 3. The molecular weight excluding hydrogens is 272 g/mol. The summed E-state index contributed by atoms with van der Waals surface area (Å²) in [7, 11) is 0. The van der Waals surface area contributed by atoms with Crippen LogP contribution in [0.4, 0.5) is 11.8 Å². The van der Waals surface area contributed by atoms with Gasteiger partial charge in [-0.15, -0.1) is 0 Å². The van der Waals surface area contributed by atoms with Crippen molar-refractivity contribution in [3.05, 3.63) is 47.7 Å². The van der Waals surface area contributed by atoms with Crippen LogP contribution in [0.25, 0.3) is 0 Å². The highest BCUT2D eigenvalue weighted by molar-refractivity contribution is 5.45. The molecule has 4 heteroatoms. The number of anilines is 2. The molecule has 1 saturated carbocycles. The third-order valence-corrected chi connectivity index (χ3v) is 4.76. The summed E-state index contributed by atoms with van der Waals surface area (Å²) >= 11 is 0. The van der Waals surface area contributed by atoms with Crippen molar-refractivity contribution >= 4 is 11.8 Å². The molecule has 2 heterocycles. The quantitative estimate of drug-likeness (QED) is 0.942. The largest absolute Gasteiger partial charge is 0.367 e. The van der Waals surface area contributed by atoms with Gasteiger partial charge in [0.1, 0.15) is 5.82 Å². The monoisotopic (exact) mass is 294 g/mol.